The number of nitriles is 1. The minimum absolute atomic E-state index is 0.200. The number of hydrogen-bond acceptors (Lipinski definition) is 3. The Morgan fingerprint density at radius 1 is 1.69 bits per heavy atom. The topological polar surface area (TPSA) is 62.1 Å². The van der Waals surface area contributed by atoms with E-state index in [9.17, 15) is 4.79 Å². The minimum atomic E-state index is -0.922. The molecule has 0 aromatic heterocycles. The van der Waals surface area contributed by atoms with E-state index < -0.39 is 5.41 Å². The summed E-state index contributed by atoms with van der Waals surface area (Å²) in [4.78, 5) is 11.8. The van der Waals surface area contributed by atoms with Gasteiger partial charge in [-0.25, -0.2) is 0 Å². The predicted octanol–water partition coefficient (Wildman–Crippen LogP) is 1.61. The van der Waals surface area contributed by atoms with Crippen molar-refractivity contribution in [1.29, 1.82) is 5.26 Å². The molecule has 90 valence electrons. The number of hydrogen-bond donors (Lipinski definition) is 1. The number of amides is 1. The van der Waals surface area contributed by atoms with Gasteiger partial charge in [-0.1, -0.05) is 6.92 Å². The number of rotatable bonds is 4. The van der Waals surface area contributed by atoms with E-state index in [1.165, 1.54) is 0 Å². The fourth-order valence-corrected chi connectivity index (χ4v) is 1.73. The van der Waals surface area contributed by atoms with Crippen LogP contribution in [0.3, 0.4) is 0 Å². The fraction of sp³-hybridized carbons (Fsp3) is 0.833. The average Bonchev–Trinajstić information content (AvgIpc) is 2.72. The van der Waals surface area contributed by atoms with Gasteiger partial charge in [0.05, 0.1) is 11.7 Å². The Hall–Kier alpha value is -1.08. The Kier molecular flexibility index (Phi) is 3.93. The number of carbonyl (C=O) groups excluding carboxylic acids is 1. The highest BCUT2D eigenvalue weighted by molar-refractivity contribution is 5.84. The molecule has 4 heteroatoms. The highest BCUT2D eigenvalue weighted by Crippen LogP contribution is 2.25. The standard InChI is InChI=1S/C12H20N2O2/c1-4-11(2,8-13)10(15)14-9-12(3)6-5-7-16-12/h4-7,9H2,1-3H3,(H,14,15). The fourth-order valence-electron chi connectivity index (χ4n) is 1.73. The molecule has 1 aliphatic heterocycles. The molecule has 0 bridgehead atoms. The normalized spacial score (nSPS) is 28.1. The molecule has 0 radical (unpaired) electrons. The van der Waals surface area contributed by atoms with Gasteiger partial charge in [0.2, 0.25) is 5.91 Å². The maximum absolute atomic E-state index is 11.8. The molecule has 1 heterocycles. The average molecular weight is 224 g/mol. The van der Waals surface area contributed by atoms with Gasteiger partial charge in [0.25, 0.3) is 0 Å². The summed E-state index contributed by atoms with van der Waals surface area (Å²) in [5.74, 6) is -0.200. The molecule has 0 spiro atoms. The molecule has 4 nitrogen and oxygen atoms in total. The van der Waals surface area contributed by atoms with Gasteiger partial charge in [0.15, 0.2) is 0 Å². The first-order chi connectivity index (χ1) is 7.46. The van der Waals surface area contributed by atoms with Crippen LogP contribution >= 0.6 is 0 Å². The maximum Gasteiger partial charge on any atom is 0.240 e. The third-order valence-corrected chi connectivity index (χ3v) is 3.38. The van der Waals surface area contributed by atoms with Crippen LogP contribution < -0.4 is 5.32 Å². The summed E-state index contributed by atoms with van der Waals surface area (Å²) in [6.07, 6.45) is 2.52. The minimum Gasteiger partial charge on any atom is -0.373 e. The van der Waals surface area contributed by atoms with E-state index in [4.69, 9.17) is 10.00 Å². The summed E-state index contributed by atoms with van der Waals surface area (Å²) in [5.41, 5.74) is -1.17. The van der Waals surface area contributed by atoms with E-state index in [2.05, 4.69) is 11.4 Å². The number of nitrogens with zero attached hydrogens (tertiary/aromatic N) is 1. The first-order valence-electron chi connectivity index (χ1n) is 5.79. The van der Waals surface area contributed by atoms with Crippen LogP contribution in [-0.4, -0.2) is 24.7 Å². The largest absolute Gasteiger partial charge is 0.373 e. The summed E-state index contributed by atoms with van der Waals surface area (Å²) >= 11 is 0. The molecule has 0 aromatic rings. The maximum atomic E-state index is 11.8. The van der Waals surface area contributed by atoms with Crippen molar-refractivity contribution < 1.29 is 9.53 Å². The second-order valence-electron chi connectivity index (χ2n) is 4.88. The molecule has 1 amide bonds. The van der Waals surface area contributed by atoms with Gasteiger partial charge in [-0.3, -0.25) is 4.79 Å². The molecule has 1 fully saturated rings. The molecule has 1 rings (SSSR count). The van der Waals surface area contributed by atoms with Crippen molar-refractivity contribution >= 4 is 5.91 Å². The van der Waals surface area contributed by atoms with Crippen LogP contribution in [0.5, 0.6) is 0 Å². The first kappa shape index (κ1) is 13.0. The van der Waals surface area contributed by atoms with E-state index in [0.717, 1.165) is 19.4 Å². The molecular weight excluding hydrogens is 204 g/mol. The molecule has 2 unspecified atom stereocenters. The van der Waals surface area contributed by atoms with E-state index in [0.29, 0.717) is 13.0 Å². The molecular formula is C12H20N2O2. The lowest BCUT2D eigenvalue weighted by molar-refractivity contribution is -0.128. The lowest BCUT2D eigenvalue weighted by atomic mass is 9.88. The van der Waals surface area contributed by atoms with E-state index in [1.54, 1.807) is 6.92 Å². The van der Waals surface area contributed by atoms with Crippen LogP contribution in [-0.2, 0) is 9.53 Å². The van der Waals surface area contributed by atoms with Crippen molar-refractivity contribution in [3.8, 4) is 6.07 Å². The number of carbonyl (C=O) groups is 1. The van der Waals surface area contributed by atoms with E-state index in [-0.39, 0.29) is 11.5 Å². The monoisotopic (exact) mass is 224 g/mol. The van der Waals surface area contributed by atoms with Crippen LogP contribution in [0.1, 0.15) is 40.0 Å². The van der Waals surface area contributed by atoms with Crippen molar-refractivity contribution in [2.45, 2.75) is 45.6 Å². The molecule has 1 aliphatic rings. The highest BCUT2D eigenvalue weighted by Gasteiger charge is 2.35. The Morgan fingerprint density at radius 3 is 2.81 bits per heavy atom. The summed E-state index contributed by atoms with van der Waals surface area (Å²) < 4.78 is 5.57. The van der Waals surface area contributed by atoms with Gasteiger partial charge >= 0.3 is 0 Å². The molecule has 2 atom stereocenters. The van der Waals surface area contributed by atoms with Crippen molar-refractivity contribution in [3.05, 3.63) is 0 Å². The first-order valence-corrected chi connectivity index (χ1v) is 5.79. The van der Waals surface area contributed by atoms with Gasteiger partial charge in [-0.2, -0.15) is 5.26 Å². The molecule has 1 saturated heterocycles. The number of ether oxygens (including phenoxy) is 1. The third-order valence-electron chi connectivity index (χ3n) is 3.38. The van der Waals surface area contributed by atoms with Crippen molar-refractivity contribution in [2.75, 3.05) is 13.2 Å². The van der Waals surface area contributed by atoms with Crippen LogP contribution in [0.25, 0.3) is 0 Å². The zero-order chi connectivity index (χ0) is 12.2. The zero-order valence-corrected chi connectivity index (χ0v) is 10.3. The SMILES string of the molecule is CCC(C)(C#N)C(=O)NCC1(C)CCCO1. The Labute approximate surface area is 97.0 Å². The van der Waals surface area contributed by atoms with Gasteiger partial charge in [-0.05, 0) is 33.1 Å². The zero-order valence-electron chi connectivity index (χ0n) is 10.3. The summed E-state index contributed by atoms with van der Waals surface area (Å²) in [7, 11) is 0. The smallest absolute Gasteiger partial charge is 0.240 e. The Balaban J connectivity index is 2.50. The van der Waals surface area contributed by atoms with Crippen LogP contribution in [0.15, 0.2) is 0 Å². The van der Waals surface area contributed by atoms with Gasteiger partial charge in [-0.15, -0.1) is 0 Å². The van der Waals surface area contributed by atoms with Crippen molar-refractivity contribution in [2.24, 2.45) is 5.41 Å². The molecule has 1 N–H and O–H groups in total. The van der Waals surface area contributed by atoms with Gasteiger partial charge < -0.3 is 10.1 Å². The quantitative estimate of drug-likeness (QED) is 0.789. The summed E-state index contributed by atoms with van der Waals surface area (Å²) in [6.45, 7) is 6.76. The van der Waals surface area contributed by atoms with Crippen molar-refractivity contribution in [3.63, 3.8) is 0 Å². The van der Waals surface area contributed by atoms with E-state index in [1.807, 2.05) is 13.8 Å². The third kappa shape index (κ3) is 2.73. The van der Waals surface area contributed by atoms with Gasteiger partial charge in [0, 0.05) is 13.2 Å². The number of nitrogens with one attached hydrogen (secondary N) is 1. The second-order valence-corrected chi connectivity index (χ2v) is 4.88. The summed E-state index contributed by atoms with van der Waals surface area (Å²) in [5, 5.41) is 11.8. The van der Waals surface area contributed by atoms with E-state index >= 15 is 0 Å². The van der Waals surface area contributed by atoms with Crippen LogP contribution in [0, 0.1) is 16.7 Å². The Bertz CT molecular complexity index is 303. The van der Waals surface area contributed by atoms with Gasteiger partial charge in [0.1, 0.15) is 5.41 Å². The predicted molar refractivity (Wildman–Crippen MR) is 60.6 cm³/mol. The summed E-state index contributed by atoms with van der Waals surface area (Å²) in [6, 6.07) is 2.06. The lowest BCUT2D eigenvalue weighted by Crippen LogP contribution is -2.45. The van der Waals surface area contributed by atoms with Crippen molar-refractivity contribution in [1.82, 2.24) is 5.32 Å². The Morgan fingerprint density at radius 2 is 2.38 bits per heavy atom. The molecule has 0 aliphatic carbocycles. The van der Waals surface area contributed by atoms with Crippen LogP contribution in [0.4, 0.5) is 0 Å². The molecule has 0 saturated carbocycles. The molecule has 0 aromatic carbocycles. The van der Waals surface area contributed by atoms with Crippen LogP contribution in [0.2, 0.25) is 0 Å². The highest BCUT2D eigenvalue weighted by atomic mass is 16.5. The second kappa shape index (κ2) is 4.84. The molecule has 16 heavy (non-hydrogen) atoms. The lowest BCUT2D eigenvalue weighted by Gasteiger charge is -2.26.